The molecule has 1 nitrogen and oxygen atoms in total. The van der Waals surface area contributed by atoms with E-state index in [9.17, 15) is 0 Å². The van der Waals surface area contributed by atoms with Crippen LogP contribution in [0.4, 0.5) is 0 Å². The molecule has 0 aliphatic rings. The van der Waals surface area contributed by atoms with Crippen molar-refractivity contribution in [2.24, 2.45) is 11.3 Å². The highest BCUT2D eigenvalue weighted by Crippen LogP contribution is 2.25. The molecule has 3 heteroatoms. The molecule has 0 radical (unpaired) electrons. The zero-order valence-electron chi connectivity index (χ0n) is 11.0. The minimum atomic E-state index is 0.294. The molecule has 0 saturated carbocycles. The zero-order valence-corrected chi connectivity index (χ0v) is 12.5. The van der Waals surface area contributed by atoms with E-state index in [0.29, 0.717) is 21.4 Å². The molecule has 1 N–H and O–H groups in total. The minimum Gasteiger partial charge on any atom is -0.312 e. The molecule has 1 aromatic rings. The first-order valence-electron chi connectivity index (χ1n) is 5.97. The number of hydrogen-bond donors (Lipinski definition) is 1. The summed E-state index contributed by atoms with van der Waals surface area (Å²) in [5.41, 5.74) is 1.42. The summed E-state index contributed by atoms with van der Waals surface area (Å²) in [7, 11) is 0. The number of nitrogens with one attached hydrogen (secondary N) is 1. The van der Waals surface area contributed by atoms with Crippen molar-refractivity contribution in [1.29, 1.82) is 0 Å². The molecule has 96 valence electrons. The molecule has 0 saturated heterocycles. The van der Waals surface area contributed by atoms with E-state index >= 15 is 0 Å². The Bertz CT molecular complexity index is 352. The third-order valence-corrected chi connectivity index (χ3v) is 3.83. The molecule has 0 amide bonds. The normalized spacial score (nSPS) is 12.2. The Kier molecular flexibility index (Phi) is 5.30. The Morgan fingerprint density at radius 1 is 1.12 bits per heavy atom. The van der Waals surface area contributed by atoms with Crippen LogP contribution in [0.2, 0.25) is 10.0 Å². The van der Waals surface area contributed by atoms with Crippen molar-refractivity contribution in [3.63, 3.8) is 0 Å². The van der Waals surface area contributed by atoms with Crippen LogP contribution in [0.5, 0.6) is 0 Å². The lowest BCUT2D eigenvalue weighted by atomic mass is 9.81. The fourth-order valence-corrected chi connectivity index (χ4v) is 2.02. The summed E-state index contributed by atoms with van der Waals surface area (Å²) in [5.74, 6) is 0.651. The molecule has 0 fully saturated rings. The lowest BCUT2D eigenvalue weighted by Gasteiger charge is -2.29. The summed E-state index contributed by atoms with van der Waals surface area (Å²) in [6, 6.07) is 5.65. The molecule has 1 aromatic carbocycles. The van der Waals surface area contributed by atoms with E-state index in [1.165, 1.54) is 0 Å². The van der Waals surface area contributed by atoms with Crippen LogP contribution in [-0.4, -0.2) is 6.54 Å². The minimum absolute atomic E-state index is 0.294. The van der Waals surface area contributed by atoms with Gasteiger partial charge >= 0.3 is 0 Å². The summed E-state index contributed by atoms with van der Waals surface area (Å²) < 4.78 is 0. The second-order valence-electron chi connectivity index (χ2n) is 5.52. The summed E-state index contributed by atoms with van der Waals surface area (Å²) in [6.45, 7) is 10.8. The summed E-state index contributed by atoms with van der Waals surface area (Å²) >= 11 is 11.9. The van der Waals surface area contributed by atoms with Crippen molar-refractivity contribution in [3.8, 4) is 0 Å². The Balaban J connectivity index is 2.51. The highest BCUT2D eigenvalue weighted by atomic mass is 35.5. The Morgan fingerprint density at radius 3 is 2.12 bits per heavy atom. The van der Waals surface area contributed by atoms with Crippen LogP contribution in [0.3, 0.4) is 0 Å². The predicted molar refractivity (Wildman–Crippen MR) is 76.8 cm³/mol. The molecule has 0 unspecified atom stereocenters. The van der Waals surface area contributed by atoms with E-state index in [-0.39, 0.29) is 0 Å². The average Bonchev–Trinajstić information content (AvgIpc) is 2.15. The standard InChI is InChI=1S/C14H21Cl2N/c1-10(2)14(3,4)9-17-8-11-5-12(15)7-13(16)6-11/h5-7,10,17H,8-9H2,1-4H3. The molecule has 0 aliphatic carbocycles. The first-order valence-corrected chi connectivity index (χ1v) is 6.72. The largest absolute Gasteiger partial charge is 0.312 e. The SMILES string of the molecule is CC(C)C(C)(C)CNCc1cc(Cl)cc(Cl)c1. The maximum Gasteiger partial charge on any atom is 0.0424 e. The third-order valence-electron chi connectivity index (χ3n) is 3.40. The Labute approximate surface area is 115 Å². The van der Waals surface area contributed by atoms with Crippen molar-refractivity contribution in [2.45, 2.75) is 34.2 Å². The molecule has 0 atom stereocenters. The van der Waals surface area contributed by atoms with Crippen molar-refractivity contribution in [3.05, 3.63) is 33.8 Å². The fourth-order valence-electron chi connectivity index (χ4n) is 1.45. The van der Waals surface area contributed by atoms with Gasteiger partial charge in [0.15, 0.2) is 0 Å². The molecule has 0 heterocycles. The molecule has 1 rings (SSSR count). The quantitative estimate of drug-likeness (QED) is 0.815. The van der Waals surface area contributed by atoms with Gasteiger partial charge in [-0.05, 0) is 35.1 Å². The van der Waals surface area contributed by atoms with E-state index in [0.717, 1.165) is 18.7 Å². The molecular weight excluding hydrogens is 253 g/mol. The third kappa shape index (κ3) is 4.87. The van der Waals surface area contributed by atoms with Crippen molar-refractivity contribution >= 4 is 23.2 Å². The molecular formula is C14H21Cl2N. The van der Waals surface area contributed by atoms with Crippen molar-refractivity contribution < 1.29 is 0 Å². The number of hydrogen-bond acceptors (Lipinski definition) is 1. The van der Waals surface area contributed by atoms with Crippen molar-refractivity contribution in [1.82, 2.24) is 5.32 Å². The van der Waals surface area contributed by atoms with Gasteiger partial charge in [0.1, 0.15) is 0 Å². The topological polar surface area (TPSA) is 12.0 Å². The van der Waals surface area contributed by atoms with Crippen LogP contribution < -0.4 is 5.32 Å². The van der Waals surface area contributed by atoms with Gasteiger partial charge in [-0.2, -0.15) is 0 Å². The summed E-state index contributed by atoms with van der Waals surface area (Å²) in [4.78, 5) is 0. The van der Waals surface area contributed by atoms with Gasteiger partial charge in [0.25, 0.3) is 0 Å². The van der Waals surface area contributed by atoms with Gasteiger partial charge < -0.3 is 5.32 Å². The van der Waals surface area contributed by atoms with Gasteiger partial charge in [-0.3, -0.25) is 0 Å². The van der Waals surface area contributed by atoms with Crippen LogP contribution in [0.15, 0.2) is 18.2 Å². The molecule has 0 aromatic heterocycles. The summed E-state index contributed by atoms with van der Waals surface area (Å²) in [5, 5.41) is 4.84. The second kappa shape index (κ2) is 6.08. The van der Waals surface area contributed by atoms with Gasteiger partial charge in [0.05, 0.1) is 0 Å². The zero-order chi connectivity index (χ0) is 13.1. The Hall–Kier alpha value is -0.240. The Morgan fingerprint density at radius 2 is 1.65 bits per heavy atom. The lowest BCUT2D eigenvalue weighted by Crippen LogP contribution is -2.33. The highest BCUT2D eigenvalue weighted by molar-refractivity contribution is 6.34. The van der Waals surface area contributed by atoms with Crippen LogP contribution >= 0.6 is 23.2 Å². The molecule has 0 spiro atoms. The first kappa shape index (κ1) is 14.8. The van der Waals surface area contributed by atoms with Crippen LogP contribution in [0.1, 0.15) is 33.3 Å². The van der Waals surface area contributed by atoms with Gasteiger partial charge in [0.2, 0.25) is 0 Å². The predicted octanol–water partition coefficient (Wildman–Crippen LogP) is 4.77. The summed E-state index contributed by atoms with van der Waals surface area (Å²) in [6.07, 6.45) is 0. The maximum absolute atomic E-state index is 5.96. The van der Waals surface area contributed by atoms with Gasteiger partial charge in [-0.25, -0.2) is 0 Å². The highest BCUT2D eigenvalue weighted by Gasteiger charge is 2.21. The van der Waals surface area contributed by atoms with Gasteiger partial charge in [0, 0.05) is 23.1 Å². The van der Waals surface area contributed by atoms with E-state index in [2.05, 4.69) is 33.0 Å². The number of rotatable bonds is 5. The smallest absolute Gasteiger partial charge is 0.0424 e. The number of benzene rings is 1. The molecule has 0 aliphatic heterocycles. The molecule has 0 bridgehead atoms. The van der Waals surface area contributed by atoms with E-state index in [1.54, 1.807) is 6.07 Å². The van der Waals surface area contributed by atoms with Crippen LogP contribution in [0, 0.1) is 11.3 Å². The van der Waals surface area contributed by atoms with Gasteiger partial charge in [-0.1, -0.05) is 50.9 Å². The van der Waals surface area contributed by atoms with E-state index in [1.807, 2.05) is 12.1 Å². The first-order chi connectivity index (χ1) is 7.81. The average molecular weight is 274 g/mol. The number of halogens is 2. The molecule has 17 heavy (non-hydrogen) atoms. The van der Waals surface area contributed by atoms with E-state index in [4.69, 9.17) is 23.2 Å². The van der Waals surface area contributed by atoms with Crippen molar-refractivity contribution in [2.75, 3.05) is 6.54 Å². The fraction of sp³-hybridized carbons (Fsp3) is 0.571. The lowest BCUT2D eigenvalue weighted by molar-refractivity contribution is 0.238. The van der Waals surface area contributed by atoms with E-state index < -0.39 is 0 Å². The van der Waals surface area contributed by atoms with Gasteiger partial charge in [-0.15, -0.1) is 0 Å². The van der Waals surface area contributed by atoms with Crippen LogP contribution in [-0.2, 0) is 6.54 Å². The monoisotopic (exact) mass is 273 g/mol. The maximum atomic E-state index is 5.96. The van der Waals surface area contributed by atoms with Crippen LogP contribution in [0.25, 0.3) is 0 Å². The second-order valence-corrected chi connectivity index (χ2v) is 6.40.